The van der Waals surface area contributed by atoms with Crippen LogP contribution in [0.25, 0.3) is 6.08 Å². The third-order valence-corrected chi connectivity index (χ3v) is 5.22. The first-order valence-corrected chi connectivity index (χ1v) is 7.69. The Morgan fingerprint density at radius 3 is 2.52 bits per heavy atom. The first kappa shape index (κ1) is 13.6. The van der Waals surface area contributed by atoms with Crippen molar-refractivity contribution in [2.24, 2.45) is 0 Å². The van der Waals surface area contributed by atoms with Crippen molar-refractivity contribution in [2.75, 3.05) is 0 Å². The molecule has 3 aliphatic rings. The van der Waals surface area contributed by atoms with Gasteiger partial charge in [0.1, 0.15) is 6.10 Å². The smallest absolute Gasteiger partial charge is 0.399 e. The predicted molar refractivity (Wildman–Crippen MR) is 83.4 cm³/mol. The van der Waals surface area contributed by atoms with E-state index in [-0.39, 0.29) is 24.4 Å². The normalized spacial score (nSPS) is 31.5. The van der Waals surface area contributed by atoms with E-state index in [4.69, 9.17) is 14.0 Å². The Hall–Kier alpha value is -1.10. The lowest BCUT2D eigenvalue weighted by atomic mass is 9.74. The molecule has 2 aliphatic heterocycles. The second-order valence-corrected chi connectivity index (χ2v) is 7.17. The molecular formula is C17H21BO3. The van der Waals surface area contributed by atoms with Crippen LogP contribution in [0.15, 0.2) is 24.3 Å². The van der Waals surface area contributed by atoms with Gasteiger partial charge in [0.2, 0.25) is 0 Å². The third-order valence-electron chi connectivity index (χ3n) is 5.22. The van der Waals surface area contributed by atoms with Crippen molar-refractivity contribution in [1.82, 2.24) is 0 Å². The van der Waals surface area contributed by atoms with Gasteiger partial charge < -0.3 is 14.0 Å². The molecule has 21 heavy (non-hydrogen) atoms. The maximum atomic E-state index is 6.21. The van der Waals surface area contributed by atoms with E-state index in [1.807, 2.05) is 0 Å². The molecule has 2 unspecified atom stereocenters. The summed E-state index contributed by atoms with van der Waals surface area (Å²) in [7, 11) is -0.315. The molecule has 0 radical (unpaired) electrons. The molecule has 4 heteroatoms. The Kier molecular flexibility index (Phi) is 2.72. The Morgan fingerprint density at radius 2 is 1.81 bits per heavy atom. The molecule has 0 aromatic heterocycles. The summed E-state index contributed by atoms with van der Waals surface area (Å²) in [5.41, 5.74) is 2.96. The number of epoxide rings is 1. The van der Waals surface area contributed by atoms with E-state index in [1.54, 1.807) is 0 Å². The molecule has 2 atom stereocenters. The molecule has 0 N–H and O–H groups in total. The summed E-state index contributed by atoms with van der Waals surface area (Å²) >= 11 is 0. The first-order chi connectivity index (χ1) is 9.89. The molecule has 1 aromatic rings. The van der Waals surface area contributed by atoms with Gasteiger partial charge in [-0.15, -0.1) is 0 Å². The molecule has 0 amide bonds. The highest BCUT2D eigenvalue weighted by Gasteiger charge is 2.52. The van der Waals surface area contributed by atoms with Crippen molar-refractivity contribution in [2.45, 2.75) is 57.5 Å². The fraction of sp³-hybridized carbons (Fsp3) is 0.529. The van der Waals surface area contributed by atoms with Gasteiger partial charge in [-0.1, -0.05) is 30.4 Å². The Labute approximate surface area is 126 Å². The van der Waals surface area contributed by atoms with E-state index < -0.39 is 0 Å². The van der Waals surface area contributed by atoms with E-state index >= 15 is 0 Å². The largest absolute Gasteiger partial charge is 0.495 e. The highest BCUT2D eigenvalue weighted by molar-refractivity contribution is 6.63. The molecule has 1 aliphatic carbocycles. The Balaban J connectivity index is 1.76. The van der Waals surface area contributed by atoms with E-state index in [0.29, 0.717) is 6.10 Å². The van der Waals surface area contributed by atoms with Gasteiger partial charge in [-0.2, -0.15) is 0 Å². The number of fused-ring (bicyclic) bond motifs is 3. The molecular weight excluding hydrogens is 263 g/mol. The topological polar surface area (TPSA) is 31.0 Å². The van der Waals surface area contributed by atoms with Gasteiger partial charge in [0.25, 0.3) is 0 Å². The summed E-state index contributed by atoms with van der Waals surface area (Å²) in [5, 5.41) is 0. The molecule has 0 saturated carbocycles. The summed E-state index contributed by atoms with van der Waals surface area (Å²) in [6.07, 6.45) is 5.99. The lowest BCUT2D eigenvalue weighted by Crippen LogP contribution is -2.41. The molecule has 2 saturated heterocycles. The molecule has 0 spiro atoms. The average molecular weight is 284 g/mol. The zero-order chi connectivity index (χ0) is 14.8. The van der Waals surface area contributed by atoms with Crippen molar-refractivity contribution in [3.8, 4) is 0 Å². The van der Waals surface area contributed by atoms with E-state index in [9.17, 15) is 0 Å². The number of hydrogen-bond donors (Lipinski definition) is 0. The van der Waals surface area contributed by atoms with Gasteiger partial charge in [-0.3, -0.25) is 0 Å². The van der Waals surface area contributed by atoms with Crippen LogP contribution in [-0.2, 0) is 14.0 Å². The van der Waals surface area contributed by atoms with Crippen molar-refractivity contribution in [1.29, 1.82) is 0 Å². The minimum atomic E-state index is -0.315. The summed E-state index contributed by atoms with van der Waals surface area (Å²) in [6, 6.07) is 6.34. The SMILES string of the molecule is CC1(C)OB(c2cccc3c2C=CCC2OC32)OC1(C)C. The van der Waals surface area contributed by atoms with E-state index in [0.717, 1.165) is 11.9 Å². The van der Waals surface area contributed by atoms with E-state index in [2.05, 4.69) is 58.0 Å². The second-order valence-electron chi connectivity index (χ2n) is 7.17. The molecule has 2 heterocycles. The lowest BCUT2D eigenvalue weighted by Gasteiger charge is -2.32. The molecule has 2 fully saturated rings. The third kappa shape index (κ3) is 2.01. The molecule has 3 nitrogen and oxygen atoms in total. The van der Waals surface area contributed by atoms with Gasteiger partial charge in [0, 0.05) is 0 Å². The predicted octanol–water partition coefficient (Wildman–Crippen LogP) is 2.84. The van der Waals surface area contributed by atoms with Crippen molar-refractivity contribution in [3.05, 3.63) is 35.4 Å². The van der Waals surface area contributed by atoms with Crippen molar-refractivity contribution in [3.63, 3.8) is 0 Å². The van der Waals surface area contributed by atoms with Crippen molar-refractivity contribution < 1.29 is 14.0 Å². The summed E-state index contributed by atoms with van der Waals surface area (Å²) in [5.74, 6) is 0. The first-order valence-electron chi connectivity index (χ1n) is 7.69. The highest BCUT2D eigenvalue weighted by atomic mass is 16.7. The van der Waals surface area contributed by atoms with Crippen molar-refractivity contribution >= 4 is 18.7 Å². The fourth-order valence-electron chi connectivity index (χ4n) is 3.13. The standard InChI is InChI=1S/C17H21BO3/c1-16(2)17(3,4)21-18(20-16)13-9-5-8-12-11(13)7-6-10-14-15(12)19-14/h5-9,14-15H,10H2,1-4H3. The average Bonchev–Trinajstić information content (AvgIpc) is 3.12. The summed E-state index contributed by atoms with van der Waals surface area (Å²) in [4.78, 5) is 0. The maximum absolute atomic E-state index is 6.21. The molecule has 4 rings (SSSR count). The summed E-state index contributed by atoms with van der Waals surface area (Å²) in [6.45, 7) is 8.35. The minimum Gasteiger partial charge on any atom is -0.399 e. The van der Waals surface area contributed by atoms with Crippen LogP contribution in [0.2, 0.25) is 0 Å². The van der Waals surface area contributed by atoms with Crippen LogP contribution in [0.3, 0.4) is 0 Å². The van der Waals surface area contributed by atoms with Gasteiger partial charge in [0.15, 0.2) is 0 Å². The van der Waals surface area contributed by atoms with Crippen LogP contribution in [0.5, 0.6) is 0 Å². The van der Waals surface area contributed by atoms with Crippen LogP contribution < -0.4 is 5.46 Å². The number of ether oxygens (including phenoxy) is 1. The van der Waals surface area contributed by atoms with Gasteiger partial charge in [0.05, 0.1) is 17.3 Å². The fourth-order valence-corrected chi connectivity index (χ4v) is 3.13. The second kappa shape index (κ2) is 4.22. The number of benzene rings is 1. The van der Waals surface area contributed by atoms with Crippen LogP contribution in [-0.4, -0.2) is 24.4 Å². The van der Waals surface area contributed by atoms with E-state index in [1.165, 1.54) is 11.1 Å². The maximum Gasteiger partial charge on any atom is 0.495 e. The zero-order valence-corrected chi connectivity index (χ0v) is 13.1. The van der Waals surface area contributed by atoms with Gasteiger partial charge >= 0.3 is 7.12 Å². The molecule has 0 bridgehead atoms. The Bertz CT molecular complexity index is 604. The molecule has 1 aromatic carbocycles. The Morgan fingerprint density at radius 1 is 1.10 bits per heavy atom. The van der Waals surface area contributed by atoms with Crippen LogP contribution in [0, 0.1) is 0 Å². The zero-order valence-electron chi connectivity index (χ0n) is 13.1. The van der Waals surface area contributed by atoms with Gasteiger partial charge in [-0.05, 0) is 50.7 Å². The lowest BCUT2D eigenvalue weighted by molar-refractivity contribution is 0.00578. The quantitative estimate of drug-likeness (QED) is 0.587. The molecule has 110 valence electrons. The van der Waals surface area contributed by atoms with Gasteiger partial charge in [-0.25, -0.2) is 0 Å². The van der Waals surface area contributed by atoms with Crippen LogP contribution in [0.4, 0.5) is 0 Å². The van der Waals surface area contributed by atoms with Crippen LogP contribution >= 0.6 is 0 Å². The summed E-state index contributed by atoms with van der Waals surface area (Å²) < 4.78 is 18.2. The minimum absolute atomic E-state index is 0.248. The number of hydrogen-bond acceptors (Lipinski definition) is 3. The highest BCUT2D eigenvalue weighted by Crippen LogP contribution is 2.45. The number of rotatable bonds is 1. The van der Waals surface area contributed by atoms with Crippen LogP contribution in [0.1, 0.15) is 51.3 Å². The monoisotopic (exact) mass is 284 g/mol.